The average Bonchev–Trinajstić information content (AvgIpc) is 2.56. The van der Waals surface area contributed by atoms with Crippen LogP contribution in [0.2, 0.25) is 5.02 Å². The quantitative estimate of drug-likeness (QED) is 0.775. The van der Waals surface area contributed by atoms with Crippen LogP contribution in [0.1, 0.15) is 34.3 Å². The largest absolute Gasteiger partial charge is 0.352 e. The zero-order valence-corrected chi connectivity index (χ0v) is 14.6. The summed E-state index contributed by atoms with van der Waals surface area (Å²) in [6.45, 7) is 4.44. The molecule has 0 unspecified atom stereocenters. The maximum Gasteiger partial charge on any atom is 0.251 e. The number of hydrogen-bond donors (Lipinski definition) is 2. The third-order valence-corrected chi connectivity index (χ3v) is 4.10. The van der Waals surface area contributed by atoms with Crippen molar-refractivity contribution in [3.8, 4) is 0 Å². The number of benzene rings is 2. The first-order valence-electron chi connectivity index (χ1n) is 7.87. The molecule has 2 amide bonds. The number of anilines is 1. The molecule has 0 aromatic heterocycles. The summed E-state index contributed by atoms with van der Waals surface area (Å²) in [5.74, 6) is -0.217. The summed E-state index contributed by atoms with van der Waals surface area (Å²) < 4.78 is 0. The molecule has 0 aliphatic heterocycles. The number of amides is 2. The highest BCUT2D eigenvalue weighted by Crippen LogP contribution is 2.18. The highest BCUT2D eigenvalue weighted by Gasteiger charge is 2.07. The number of rotatable bonds is 6. The van der Waals surface area contributed by atoms with Crippen molar-refractivity contribution in [3.63, 3.8) is 0 Å². The van der Waals surface area contributed by atoms with Gasteiger partial charge in [0.05, 0.1) is 0 Å². The van der Waals surface area contributed by atoms with E-state index in [0.717, 1.165) is 16.8 Å². The number of aryl methyl sites for hydroxylation is 1. The second-order valence-corrected chi connectivity index (χ2v) is 6.10. The Hall–Kier alpha value is -2.33. The van der Waals surface area contributed by atoms with Crippen LogP contribution >= 0.6 is 11.6 Å². The molecule has 0 aliphatic carbocycles. The highest BCUT2D eigenvalue weighted by atomic mass is 35.5. The Balaban J connectivity index is 1.74. The molecule has 0 saturated carbocycles. The molecule has 0 atom stereocenters. The van der Waals surface area contributed by atoms with Gasteiger partial charge in [0.2, 0.25) is 5.91 Å². The van der Waals surface area contributed by atoms with Gasteiger partial charge in [-0.25, -0.2) is 0 Å². The molecule has 0 spiro atoms. The molecule has 2 aromatic rings. The first-order chi connectivity index (χ1) is 11.5. The molecule has 126 valence electrons. The lowest BCUT2D eigenvalue weighted by atomic mass is 10.1. The lowest BCUT2D eigenvalue weighted by Gasteiger charge is -2.10. The minimum absolute atomic E-state index is 0.0514. The summed E-state index contributed by atoms with van der Waals surface area (Å²) in [7, 11) is 0. The van der Waals surface area contributed by atoms with Gasteiger partial charge in [0.15, 0.2) is 0 Å². The third kappa shape index (κ3) is 5.10. The van der Waals surface area contributed by atoms with Crippen LogP contribution in [-0.2, 0) is 4.79 Å². The number of hydrogen-bond acceptors (Lipinski definition) is 2. The molecule has 2 rings (SSSR count). The van der Waals surface area contributed by atoms with Crippen LogP contribution in [0.3, 0.4) is 0 Å². The number of carbonyl (C=O) groups excluding carboxylic acids is 2. The van der Waals surface area contributed by atoms with Crippen LogP contribution in [0.25, 0.3) is 0 Å². The molecule has 2 aromatic carbocycles. The van der Waals surface area contributed by atoms with E-state index in [1.807, 2.05) is 32.0 Å². The zero-order valence-electron chi connectivity index (χ0n) is 13.9. The van der Waals surface area contributed by atoms with E-state index >= 15 is 0 Å². The lowest BCUT2D eigenvalue weighted by molar-refractivity contribution is -0.116. The van der Waals surface area contributed by atoms with Crippen molar-refractivity contribution < 1.29 is 9.59 Å². The van der Waals surface area contributed by atoms with Crippen molar-refractivity contribution in [1.29, 1.82) is 0 Å². The van der Waals surface area contributed by atoms with Crippen LogP contribution in [0, 0.1) is 13.8 Å². The van der Waals surface area contributed by atoms with E-state index in [1.165, 1.54) is 0 Å². The van der Waals surface area contributed by atoms with Gasteiger partial charge in [-0.3, -0.25) is 9.59 Å². The number of carbonyl (C=O) groups is 2. The van der Waals surface area contributed by atoms with Crippen LogP contribution in [0.4, 0.5) is 5.69 Å². The fourth-order valence-electron chi connectivity index (χ4n) is 2.25. The lowest BCUT2D eigenvalue weighted by Crippen LogP contribution is -2.25. The monoisotopic (exact) mass is 344 g/mol. The number of nitrogens with one attached hydrogen (secondary N) is 2. The summed E-state index contributed by atoms with van der Waals surface area (Å²) >= 11 is 5.79. The first-order valence-corrected chi connectivity index (χ1v) is 8.25. The molecular formula is C19H21ClN2O2. The second kappa shape index (κ2) is 8.50. The van der Waals surface area contributed by atoms with Gasteiger partial charge >= 0.3 is 0 Å². The SMILES string of the molecule is Cc1cccc(NC(=O)CCCNC(=O)c2ccc(Cl)cc2)c1C. The van der Waals surface area contributed by atoms with Gasteiger partial charge < -0.3 is 10.6 Å². The fraction of sp³-hybridized carbons (Fsp3) is 0.263. The molecule has 2 N–H and O–H groups in total. The molecule has 0 aliphatic rings. The molecule has 0 radical (unpaired) electrons. The van der Waals surface area contributed by atoms with Crippen molar-refractivity contribution >= 4 is 29.1 Å². The number of halogens is 1. The highest BCUT2D eigenvalue weighted by molar-refractivity contribution is 6.30. The van der Waals surface area contributed by atoms with E-state index in [2.05, 4.69) is 10.6 Å². The topological polar surface area (TPSA) is 58.2 Å². The van der Waals surface area contributed by atoms with Crippen molar-refractivity contribution in [2.24, 2.45) is 0 Å². The van der Waals surface area contributed by atoms with Gasteiger partial charge in [0, 0.05) is 29.2 Å². The molecule has 4 nitrogen and oxygen atoms in total. The normalized spacial score (nSPS) is 10.3. The molecule has 5 heteroatoms. The van der Waals surface area contributed by atoms with E-state index in [-0.39, 0.29) is 11.8 Å². The molecule has 24 heavy (non-hydrogen) atoms. The zero-order chi connectivity index (χ0) is 17.5. The molecule has 0 heterocycles. The van der Waals surface area contributed by atoms with Crippen molar-refractivity contribution in [1.82, 2.24) is 5.32 Å². The van der Waals surface area contributed by atoms with Crippen LogP contribution in [0.5, 0.6) is 0 Å². The van der Waals surface area contributed by atoms with Gasteiger partial charge in [-0.05, 0) is 61.7 Å². The van der Waals surface area contributed by atoms with E-state index < -0.39 is 0 Å². The van der Waals surface area contributed by atoms with Gasteiger partial charge in [-0.15, -0.1) is 0 Å². The van der Waals surface area contributed by atoms with E-state index in [1.54, 1.807) is 24.3 Å². The Morgan fingerprint density at radius 2 is 1.75 bits per heavy atom. The standard InChI is InChI=1S/C19H21ClN2O2/c1-13-5-3-6-17(14(13)2)22-18(23)7-4-12-21-19(24)15-8-10-16(20)11-9-15/h3,5-6,8-11H,4,7,12H2,1-2H3,(H,21,24)(H,22,23). The second-order valence-electron chi connectivity index (χ2n) is 5.66. The average molecular weight is 345 g/mol. The maximum atomic E-state index is 12.0. The Kier molecular flexibility index (Phi) is 6.38. The summed E-state index contributed by atoms with van der Waals surface area (Å²) in [4.78, 5) is 23.9. The summed E-state index contributed by atoms with van der Waals surface area (Å²) in [5.41, 5.74) is 3.61. The maximum absolute atomic E-state index is 12.0. The summed E-state index contributed by atoms with van der Waals surface area (Å²) in [6.07, 6.45) is 0.935. The van der Waals surface area contributed by atoms with E-state index in [4.69, 9.17) is 11.6 Å². The van der Waals surface area contributed by atoms with E-state index in [9.17, 15) is 9.59 Å². The van der Waals surface area contributed by atoms with Crippen molar-refractivity contribution in [2.45, 2.75) is 26.7 Å². The van der Waals surface area contributed by atoms with Crippen molar-refractivity contribution in [2.75, 3.05) is 11.9 Å². The smallest absolute Gasteiger partial charge is 0.251 e. The fourth-order valence-corrected chi connectivity index (χ4v) is 2.38. The van der Waals surface area contributed by atoms with Gasteiger partial charge in [-0.1, -0.05) is 23.7 Å². The summed E-state index contributed by atoms with van der Waals surface area (Å²) in [6, 6.07) is 12.5. The Labute approximate surface area is 147 Å². The van der Waals surface area contributed by atoms with E-state index in [0.29, 0.717) is 30.0 Å². The molecular weight excluding hydrogens is 324 g/mol. The van der Waals surface area contributed by atoms with Gasteiger partial charge in [0.1, 0.15) is 0 Å². The van der Waals surface area contributed by atoms with Crippen molar-refractivity contribution in [3.05, 3.63) is 64.2 Å². The Bertz CT molecular complexity index is 727. The predicted molar refractivity (Wildman–Crippen MR) is 97.6 cm³/mol. The molecule has 0 saturated heterocycles. The minimum atomic E-state index is -0.165. The van der Waals surface area contributed by atoms with Gasteiger partial charge in [0.25, 0.3) is 5.91 Å². The Morgan fingerprint density at radius 1 is 1.04 bits per heavy atom. The van der Waals surface area contributed by atoms with Crippen LogP contribution in [-0.4, -0.2) is 18.4 Å². The Morgan fingerprint density at radius 3 is 2.46 bits per heavy atom. The molecule has 0 bridgehead atoms. The van der Waals surface area contributed by atoms with Crippen LogP contribution < -0.4 is 10.6 Å². The predicted octanol–water partition coefficient (Wildman–Crippen LogP) is 4.11. The minimum Gasteiger partial charge on any atom is -0.352 e. The molecule has 0 fully saturated rings. The summed E-state index contributed by atoms with van der Waals surface area (Å²) in [5, 5.41) is 6.30. The first kappa shape index (κ1) is 18.0. The van der Waals surface area contributed by atoms with Crippen LogP contribution in [0.15, 0.2) is 42.5 Å². The third-order valence-electron chi connectivity index (χ3n) is 3.85. The van der Waals surface area contributed by atoms with Gasteiger partial charge in [-0.2, -0.15) is 0 Å².